The molecule has 0 unspecified atom stereocenters. The van der Waals surface area contributed by atoms with Gasteiger partial charge in [-0.25, -0.2) is 0 Å². The number of anilines is 1. The van der Waals surface area contributed by atoms with Crippen molar-refractivity contribution in [3.8, 4) is 0 Å². The average Bonchev–Trinajstić information content (AvgIpc) is 2.40. The quantitative estimate of drug-likeness (QED) is 0.808. The normalized spacial score (nSPS) is 17.7. The van der Waals surface area contributed by atoms with Crippen LogP contribution in [0.25, 0.3) is 0 Å². The second-order valence-electron chi connectivity index (χ2n) is 5.55. The van der Waals surface area contributed by atoms with E-state index in [0.717, 1.165) is 25.7 Å². The van der Waals surface area contributed by atoms with Gasteiger partial charge in [-0.2, -0.15) is 8.78 Å². The van der Waals surface area contributed by atoms with E-state index < -0.39 is 11.3 Å². The third-order valence-corrected chi connectivity index (χ3v) is 4.45. The van der Waals surface area contributed by atoms with E-state index in [-0.39, 0.29) is 5.91 Å². The fourth-order valence-corrected chi connectivity index (χ4v) is 3.18. The van der Waals surface area contributed by atoms with Gasteiger partial charge in [0.15, 0.2) is 0 Å². The fourth-order valence-electron chi connectivity index (χ4n) is 2.68. The Balaban J connectivity index is 1.87. The number of nitrogens with one attached hydrogen (secondary N) is 1. The molecule has 3 N–H and O–H groups in total. The molecule has 1 fully saturated rings. The predicted molar refractivity (Wildman–Crippen MR) is 81.6 cm³/mol. The van der Waals surface area contributed by atoms with Gasteiger partial charge in [0.05, 0.1) is 0 Å². The summed E-state index contributed by atoms with van der Waals surface area (Å²) in [6.07, 6.45) is 5.39. The molecule has 3 nitrogen and oxygen atoms in total. The first-order valence-electron chi connectivity index (χ1n) is 7.10. The summed E-state index contributed by atoms with van der Waals surface area (Å²) >= 11 is 0.488. The summed E-state index contributed by atoms with van der Waals surface area (Å²) in [4.78, 5) is 12.5. The number of halogens is 2. The van der Waals surface area contributed by atoms with Crippen molar-refractivity contribution in [1.29, 1.82) is 0 Å². The summed E-state index contributed by atoms with van der Waals surface area (Å²) in [5.41, 5.74) is 6.46. The molecule has 0 heterocycles. The number of nitrogens with two attached hydrogens (primary N) is 1. The van der Waals surface area contributed by atoms with Gasteiger partial charge in [-0.1, -0.05) is 31.0 Å². The standard InChI is InChI=1S/C15H20F2N2OS/c16-14(17)21-12-6-4-11(5-7-12)19-13(20)10-15(18)8-2-1-3-9-15/h4-7,14H,1-3,8-10,18H2,(H,19,20). The van der Waals surface area contributed by atoms with Crippen molar-refractivity contribution < 1.29 is 13.6 Å². The van der Waals surface area contributed by atoms with E-state index in [1.54, 1.807) is 24.3 Å². The maximum atomic E-state index is 12.2. The van der Waals surface area contributed by atoms with E-state index in [0.29, 0.717) is 28.8 Å². The zero-order valence-electron chi connectivity index (χ0n) is 11.8. The molecule has 0 aliphatic heterocycles. The summed E-state index contributed by atoms with van der Waals surface area (Å²) in [6, 6.07) is 6.41. The van der Waals surface area contributed by atoms with Gasteiger partial charge >= 0.3 is 0 Å². The molecule has 0 bridgehead atoms. The van der Waals surface area contributed by atoms with E-state index in [4.69, 9.17) is 5.73 Å². The number of alkyl halides is 2. The number of benzene rings is 1. The Bertz CT molecular complexity index is 473. The van der Waals surface area contributed by atoms with Crippen LogP contribution in [0.3, 0.4) is 0 Å². The second-order valence-corrected chi connectivity index (χ2v) is 6.61. The van der Waals surface area contributed by atoms with Crippen molar-refractivity contribution in [2.45, 2.75) is 54.7 Å². The van der Waals surface area contributed by atoms with Crippen LogP contribution in [0.4, 0.5) is 14.5 Å². The largest absolute Gasteiger partial charge is 0.326 e. The minimum Gasteiger partial charge on any atom is -0.326 e. The zero-order chi connectivity index (χ0) is 15.3. The highest BCUT2D eigenvalue weighted by Gasteiger charge is 2.29. The van der Waals surface area contributed by atoms with E-state index in [1.807, 2.05) is 0 Å². The number of rotatable bonds is 5. The first-order valence-corrected chi connectivity index (χ1v) is 7.98. The van der Waals surface area contributed by atoms with Crippen LogP contribution in [0, 0.1) is 0 Å². The lowest BCUT2D eigenvalue weighted by Crippen LogP contribution is -2.44. The van der Waals surface area contributed by atoms with Gasteiger partial charge in [0, 0.05) is 22.5 Å². The van der Waals surface area contributed by atoms with Crippen LogP contribution < -0.4 is 11.1 Å². The molecule has 21 heavy (non-hydrogen) atoms. The van der Waals surface area contributed by atoms with Gasteiger partial charge in [-0.05, 0) is 37.1 Å². The van der Waals surface area contributed by atoms with Gasteiger partial charge in [0.2, 0.25) is 5.91 Å². The van der Waals surface area contributed by atoms with Crippen LogP contribution in [-0.2, 0) is 4.79 Å². The smallest absolute Gasteiger partial charge is 0.288 e. The van der Waals surface area contributed by atoms with E-state index in [9.17, 15) is 13.6 Å². The Morgan fingerprint density at radius 3 is 2.43 bits per heavy atom. The van der Waals surface area contributed by atoms with Crippen molar-refractivity contribution in [1.82, 2.24) is 0 Å². The minimum absolute atomic E-state index is 0.117. The molecule has 1 aromatic carbocycles. The molecule has 1 aliphatic rings. The number of amides is 1. The van der Waals surface area contributed by atoms with Crippen LogP contribution in [0.5, 0.6) is 0 Å². The number of thioether (sulfide) groups is 1. The maximum absolute atomic E-state index is 12.2. The number of carbonyl (C=O) groups is 1. The van der Waals surface area contributed by atoms with Crippen LogP contribution >= 0.6 is 11.8 Å². The Morgan fingerprint density at radius 2 is 1.86 bits per heavy atom. The summed E-state index contributed by atoms with van der Waals surface area (Å²) in [5.74, 6) is -2.55. The Kier molecular flexibility index (Phi) is 5.58. The van der Waals surface area contributed by atoms with E-state index >= 15 is 0 Å². The number of hydrogen-bond acceptors (Lipinski definition) is 3. The molecule has 116 valence electrons. The Morgan fingerprint density at radius 1 is 1.24 bits per heavy atom. The average molecular weight is 314 g/mol. The fraction of sp³-hybridized carbons (Fsp3) is 0.533. The van der Waals surface area contributed by atoms with Gasteiger partial charge in [-0.15, -0.1) is 0 Å². The minimum atomic E-state index is -2.44. The monoisotopic (exact) mass is 314 g/mol. The Hall–Kier alpha value is -1.14. The van der Waals surface area contributed by atoms with Gasteiger partial charge in [0.25, 0.3) is 5.76 Å². The van der Waals surface area contributed by atoms with E-state index in [1.165, 1.54) is 6.42 Å². The molecular formula is C15H20F2N2OS. The van der Waals surface area contributed by atoms with Crippen LogP contribution in [0.1, 0.15) is 38.5 Å². The lowest BCUT2D eigenvalue weighted by molar-refractivity contribution is -0.117. The lowest BCUT2D eigenvalue weighted by atomic mass is 9.80. The third kappa shape index (κ3) is 5.28. The SMILES string of the molecule is NC1(CC(=O)Nc2ccc(SC(F)F)cc2)CCCCC1. The first kappa shape index (κ1) is 16.2. The highest BCUT2D eigenvalue weighted by atomic mass is 32.2. The van der Waals surface area contributed by atoms with Crippen molar-refractivity contribution in [2.24, 2.45) is 5.73 Å². The molecular weight excluding hydrogens is 294 g/mol. The van der Waals surface area contributed by atoms with Gasteiger partial charge in [-0.3, -0.25) is 4.79 Å². The molecule has 0 radical (unpaired) electrons. The van der Waals surface area contributed by atoms with Crippen molar-refractivity contribution >= 4 is 23.4 Å². The molecule has 0 spiro atoms. The van der Waals surface area contributed by atoms with Crippen molar-refractivity contribution in [2.75, 3.05) is 5.32 Å². The van der Waals surface area contributed by atoms with Crippen LogP contribution in [-0.4, -0.2) is 17.2 Å². The predicted octanol–water partition coefficient (Wildman–Crippen LogP) is 3.99. The highest BCUT2D eigenvalue weighted by Crippen LogP contribution is 2.29. The number of carbonyl (C=O) groups excluding carboxylic acids is 1. The van der Waals surface area contributed by atoms with Crippen molar-refractivity contribution in [3.63, 3.8) is 0 Å². The molecule has 0 aromatic heterocycles. The second kappa shape index (κ2) is 7.22. The summed E-state index contributed by atoms with van der Waals surface area (Å²) < 4.78 is 24.4. The first-order chi connectivity index (χ1) is 9.97. The van der Waals surface area contributed by atoms with Gasteiger partial charge in [0.1, 0.15) is 0 Å². The molecule has 0 atom stereocenters. The summed E-state index contributed by atoms with van der Waals surface area (Å²) in [7, 11) is 0. The Labute approximate surface area is 127 Å². The van der Waals surface area contributed by atoms with Crippen molar-refractivity contribution in [3.05, 3.63) is 24.3 Å². The molecule has 0 saturated heterocycles. The molecule has 6 heteroatoms. The lowest BCUT2D eigenvalue weighted by Gasteiger charge is -2.32. The summed E-state index contributed by atoms with van der Waals surface area (Å²) in [6.45, 7) is 0. The maximum Gasteiger partial charge on any atom is 0.288 e. The molecule has 2 rings (SSSR count). The molecule has 1 amide bonds. The molecule has 1 aliphatic carbocycles. The zero-order valence-corrected chi connectivity index (χ0v) is 12.6. The van der Waals surface area contributed by atoms with Crippen LogP contribution in [0.2, 0.25) is 0 Å². The van der Waals surface area contributed by atoms with Crippen LogP contribution in [0.15, 0.2) is 29.2 Å². The molecule has 1 saturated carbocycles. The molecule has 1 aromatic rings. The summed E-state index contributed by atoms with van der Waals surface area (Å²) in [5, 5.41) is 2.78. The topological polar surface area (TPSA) is 55.1 Å². The highest BCUT2D eigenvalue weighted by molar-refractivity contribution is 7.99. The third-order valence-electron chi connectivity index (χ3n) is 3.73. The van der Waals surface area contributed by atoms with E-state index in [2.05, 4.69) is 5.32 Å². The van der Waals surface area contributed by atoms with Gasteiger partial charge < -0.3 is 11.1 Å². The number of hydrogen-bond donors (Lipinski definition) is 2.